The van der Waals surface area contributed by atoms with Crippen LogP contribution in [0.5, 0.6) is 11.5 Å². The molecule has 0 heterocycles. The van der Waals surface area contributed by atoms with Crippen LogP contribution in [0.15, 0.2) is 48.5 Å². The molecular weight excluding hydrogens is 380 g/mol. The molecule has 30 heavy (non-hydrogen) atoms. The fourth-order valence-corrected chi connectivity index (χ4v) is 3.46. The molecule has 0 unspecified atom stereocenters. The van der Waals surface area contributed by atoms with Crippen LogP contribution in [0.3, 0.4) is 0 Å². The van der Waals surface area contributed by atoms with Crippen LogP contribution in [0.1, 0.15) is 79.0 Å². The van der Waals surface area contributed by atoms with Gasteiger partial charge in [0.05, 0.1) is 17.7 Å². The van der Waals surface area contributed by atoms with Crippen molar-refractivity contribution in [2.45, 2.75) is 64.4 Å². The molecule has 0 saturated heterocycles. The second-order valence-electron chi connectivity index (χ2n) is 7.66. The second-order valence-corrected chi connectivity index (χ2v) is 7.66. The van der Waals surface area contributed by atoms with Gasteiger partial charge in [-0.1, -0.05) is 26.2 Å². The third-order valence-corrected chi connectivity index (χ3v) is 5.23. The van der Waals surface area contributed by atoms with Crippen LogP contribution in [-0.2, 0) is 4.74 Å². The van der Waals surface area contributed by atoms with E-state index < -0.39 is 5.97 Å². The van der Waals surface area contributed by atoms with Crippen molar-refractivity contribution in [3.63, 3.8) is 0 Å². The van der Waals surface area contributed by atoms with Crippen molar-refractivity contribution in [3.8, 4) is 11.5 Å². The molecule has 0 atom stereocenters. The summed E-state index contributed by atoms with van der Waals surface area (Å²) in [6.07, 6.45) is 8.62. The number of unbranched alkanes of at least 4 members (excludes halogenated alkanes) is 2. The summed E-state index contributed by atoms with van der Waals surface area (Å²) < 4.78 is 16.6. The van der Waals surface area contributed by atoms with Gasteiger partial charge in [0.1, 0.15) is 17.6 Å². The Bertz CT molecular complexity index is 804. The Morgan fingerprint density at radius 1 is 0.800 bits per heavy atom. The Kier molecular flexibility index (Phi) is 8.30. The molecule has 1 fully saturated rings. The van der Waals surface area contributed by atoms with E-state index in [2.05, 4.69) is 6.92 Å². The molecular formula is C25H30O5. The van der Waals surface area contributed by atoms with Crippen LogP contribution < -0.4 is 9.47 Å². The predicted molar refractivity (Wildman–Crippen MR) is 115 cm³/mol. The van der Waals surface area contributed by atoms with Gasteiger partial charge in [-0.05, 0) is 80.6 Å². The summed E-state index contributed by atoms with van der Waals surface area (Å²) in [7, 11) is 0. The van der Waals surface area contributed by atoms with E-state index in [0.717, 1.165) is 50.7 Å². The topological polar surface area (TPSA) is 61.8 Å². The minimum Gasteiger partial charge on any atom is -0.494 e. The van der Waals surface area contributed by atoms with Gasteiger partial charge in [-0.3, -0.25) is 0 Å². The van der Waals surface area contributed by atoms with Gasteiger partial charge in [0.2, 0.25) is 0 Å². The van der Waals surface area contributed by atoms with Crippen LogP contribution in [0.4, 0.5) is 0 Å². The monoisotopic (exact) mass is 410 g/mol. The molecule has 1 aliphatic rings. The molecule has 0 aromatic heterocycles. The van der Waals surface area contributed by atoms with E-state index in [-0.39, 0.29) is 12.1 Å². The second kappa shape index (κ2) is 11.4. The van der Waals surface area contributed by atoms with Gasteiger partial charge >= 0.3 is 11.9 Å². The Morgan fingerprint density at radius 3 is 2.03 bits per heavy atom. The molecule has 160 valence electrons. The molecule has 2 aromatic rings. The molecule has 3 rings (SSSR count). The molecule has 5 nitrogen and oxygen atoms in total. The molecule has 0 N–H and O–H groups in total. The third-order valence-electron chi connectivity index (χ3n) is 5.23. The van der Waals surface area contributed by atoms with Crippen LogP contribution in [0, 0.1) is 0 Å². The summed E-state index contributed by atoms with van der Waals surface area (Å²) in [5.74, 6) is 0.344. The van der Waals surface area contributed by atoms with E-state index in [0.29, 0.717) is 23.5 Å². The van der Waals surface area contributed by atoms with Gasteiger partial charge in [0, 0.05) is 0 Å². The Balaban J connectivity index is 1.49. The standard InChI is InChI=1S/C25H30O5/c1-2-3-7-18-28-21-14-10-19(11-15-21)25(27)30-23-16-12-20(13-17-23)24(26)29-22-8-5-4-6-9-22/h10-17,22H,2-9,18H2,1H3. The first-order chi connectivity index (χ1) is 14.7. The highest BCUT2D eigenvalue weighted by atomic mass is 16.5. The lowest BCUT2D eigenvalue weighted by atomic mass is 9.98. The van der Waals surface area contributed by atoms with Gasteiger partial charge < -0.3 is 14.2 Å². The molecule has 1 saturated carbocycles. The summed E-state index contributed by atoms with van der Waals surface area (Å²) in [6, 6.07) is 13.4. The fraction of sp³-hybridized carbons (Fsp3) is 0.440. The average Bonchev–Trinajstić information content (AvgIpc) is 2.78. The number of hydrogen-bond acceptors (Lipinski definition) is 5. The number of benzene rings is 2. The molecule has 2 aromatic carbocycles. The zero-order chi connectivity index (χ0) is 21.2. The molecule has 0 amide bonds. The summed E-state index contributed by atoms with van der Waals surface area (Å²) in [6.45, 7) is 2.82. The summed E-state index contributed by atoms with van der Waals surface area (Å²) in [4.78, 5) is 24.6. The molecule has 0 radical (unpaired) electrons. The van der Waals surface area contributed by atoms with Crippen molar-refractivity contribution in [1.82, 2.24) is 0 Å². The number of carbonyl (C=O) groups excluding carboxylic acids is 2. The normalized spacial score (nSPS) is 14.2. The lowest BCUT2D eigenvalue weighted by Gasteiger charge is -2.21. The van der Waals surface area contributed by atoms with Crippen molar-refractivity contribution in [2.75, 3.05) is 6.61 Å². The quantitative estimate of drug-likeness (QED) is 0.290. The van der Waals surface area contributed by atoms with Crippen molar-refractivity contribution >= 4 is 11.9 Å². The van der Waals surface area contributed by atoms with Crippen molar-refractivity contribution in [2.24, 2.45) is 0 Å². The highest BCUT2D eigenvalue weighted by Crippen LogP contribution is 2.22. The lowest BCUT2D eigenvalue weighted by molar-refractivity contribution is 0.0211. The third kappa shape index (κ3) is 6.61. The van der Waals surface area contributed by atoms with Crippen LogP contribution in [-0.4, -0.2) is 24.6 Å². The fourth-order valence-electron chi connectivity index (χ4n) is 3.46. The van der Waals surface area contributed by atoms with Crippen molar-refractivity contribution < 1.29 is 23.8 Å². The van der Waals surface area contributed by atoms with E-state index in [4.69, 9.17) is 14.2 Å². The lowest BCUT2D eigenvalue weighted by Crippen LogP contribution is -2.20. The Hall–Kier alpha value is -2.82. The smallest absolute Gasteiger partial charge is 0.343 e. The Labute approximate surface area is 178 Å². The van der Waals surface area contributed by atoms with Crippen molar-refractivity contribution in [3.05, 3.63) is 59.7 Å². The highest BCUT2D eigenvalue weighted by molar-refractivity contribution is 5.92. The van der Waals surface area contributed by atoms with Gasteiger partial charge in [0.15, 0.2) is 0 Å². The van der Waals surface area contributed by atoms with E-state index >= 15 is 0 Å². The van der Waals surface area contributed by atoms with E-state index in [9.17, 15) is 9.59 Å². The van der Waals surface area contributed by atoms with E-state index in [1.54, 1.807) is 48.5 Å². The van der Waals surface area contributed by atoms with Crippen LogP contribution in [0.2, 0.25) is 0 Å². The first-order valence-corrected chi connectivity index (χ1v) is 10.9. The molecule has 0 aliphatic heterocycles. The van der Waals surface area contributed by atoms with Gasteiger partial charge in [-0.2, -0.15) is 0 Å². The zero-order valence-electron chi connectivity index (χ0n) is 17.6. The number of hydrogen-bond donors (Lipinski definition) is 0. The SMILES string of the molecule is CCCCCOc1ccc(C(=O)Oc2ccc(C(=O)OC3CCCCC3)cc2)cc1. The largest absolute Gasteiger partial charge is 0.494 e. The van der Waals surface area contributed by atoms with Gasteiger partial charge in [-0.15, -0.1) is 0 Å². The number of carbonyl (C=O) groups is 2. The maximum absolute atomic E-state index is 12.4. The maximum atomic E-state index is 12.4. The first kappa shape index (κ1) is 21.9. The number of esters is 2. The minimum atomic E-state index is -0.454. The molecule has 1 aliphatic carbocycles. The van der Waals surface area contributed by atoms with Gasteiger partial charge in [0.25, 0.3) is 0 Å². The molecule has 0 bridgehead atoms. The Morgan fingerprint density at radius 2 is 1.40 bits per heavy atom. The van der Waals surface area contributed by atoms with E-state index in [1.165, 1.54) is 6.42 Å². The van der Waals surface area contributed by atoms with E-state index in [1.807, 2.05) is 0 Å². The summed E-state index contributed by atoms with van der Waals surface area (Å²) in [5, 5.41) is 0. The minimum absolute atomic E-state index is 0.0161. The zero-order valence-corrected chi connectivity index (χ0v) is 17.6. The highest BCUT2D eigenvalue weighted by Gasteiger charge is 2.19. The summed E-state index contributed by atoms with van der Waals surface area (Å²) >= 11 is 0. The summed E-state index contributed by atoms with van der Waals surface area (Å²) in [5.41, 5.74) is 0.904. The predicted octanol–water partition coefficient (Wildman–Crippen LogP) is 5.96. The first-order valence-electron chi connectivity index (χ1n) is 10.9. The number of ether oxygens (including phenoxy) is 3. The van der Waals surface area contributed by atoms with Crippen LogP contribution >= 0.6 is 0 Å². The molecule has 0 spiro atoms. The average molecular weight is 411 g/mol. The number of rotatable bonds is 9. The van der Waals surface area contributed by atoms with Crippen molar-refractivity contribution in [1.29, 1.82) is 0 Å². The maximum Gasteiger partial charge on any atom is 0.343 e. The van der Waals surface area contributed by atoms with Gasteiger partial charge in [-0.25, -0.2) is 9.59 Å². The molecule has 5 heteroatoms. The van der Waals surface area contributed by atoms with Crippen LogP contribution in [0.25, 0.3) is 0 Å².